The largest absolute Gasteiger partial charge is 0.337 e. The van der Waals surface area contributed by atoms with Crippen LogP contribution in [-0.4, -0.2) is 32.6 Å². The van der Waals surface area contributed by atoms with E-state index in [4.69, 9.17) is 4.98 Å². The van der Waals surface area contributed by atoms with Crippen molar-refractivity contribution in [2.75, 3.05) is 11.4 Å². The number of nitrogens with zero attached hydrogens (tertiary/aromatic N) is 3. The number of amides is 1. The zero-order valence-corrected chi connectivity index (χ0v) is 15.3. The van der Waals surface area contributed by atoms with Crippen LogP contribution in [0, 0.1) is 0 Å². The van der Waals surface area contributed by atoms with E-state index in [1.807, 2.05) is 43.5 Å². The average molecular weight is 353 g/mol. The highest BCUT2D eigenvalue weighted by molar-refractivity contribution is 7.98. The van der Waals surface area contributed by atoms with E-state index >= 15 is 0 Å². The van der Waals surface area contributed by atoms with E-state index < -0.39 is 5.41 Å². The quantitative estimate of drug-likeness (QED) is 0.741. The topological polar surface area (TPSA) is 77.7 Å². The molecule has 2 aliphatic heterocycles. The number of H-pyrrole nitrogens is 2. The summed E-state index contributed by atoms with van der Waals surface area (Å²) in [4.78, 5) is 22.7. The molecular formula is C18H19N5OS. The molecule has 0 bridgehead atoms. The van der Waals surface area contributed by atoms with E-state index in [1.54, 1.807) is 0 Å². The van der Waals surface area contributed by atoms with Crippen molar-refractivity contribution >= 4 is 34.4 Å². The normalized spacial score (nSPS) is 18.2. The van der Waals surface area contributed by atoms with Crippen molar-refractivity contribution in [2.24, 2.45) is 0 Å². The molecule has 1 amide bonds. The highest BCUT2D eigenvalue weighted by atomic mass is 32.2. The van der Waals surface area contributed by atoms with Gasteiger partial charge in [-0.1, -0.05) is 0 Å². The Morgan fingerprint density at radius 3 is 2.96 bits per heavy atom. The van der Waals surface area contributed by atoms with Crippen LogP contribution < -0.4 is 4.90 Å². The first-order valence-electron chi connectivity index (χ1n) is 8.51. The van der Waals surface area contributed by atoms with Gasteiger partial charge in [0.05, 0.1) is 22.1 Å². The van der Waals surface area contributed by atoms with Crippen LogP contribution in [0.5, 0.6) is 0 Å². The number of carbonyl (C=O) groups excluding carboxylic acids is 1. The molecule has 0 spiro atoms. The number of anilines is 1. The second-order valence-electron chi connectivity index (χ2n) is 7.17. The first-order valence-corrected chi connectivity index (χ1v) is 9.66. The number of carbonyl (C=O) groups is 1. The van der Waals surface area contributed by atoms with Crippen molar-refractivity contribution in [3.8, 4) is 11.5 Å². The third-order valence-electron chi connectivity index (χ3n) is 5.33. The molecule has 5 rings (SSSR count). The van der Waals surface area contributed by atoms with Gasteiger partial charge in [0.25, 0.3) is 0 Å². The second-order valence-corrected chi connectivity index (χ2v) is 8.15. The lowest BCUT2D eigenvalue weighted by Crippen LogP contribution is -2.35. The summed E-state index contributed by atoms with van der Waals surface area (Å²) >= 11 is 1.89. The molecule has 3 aromatic rings. The van der Waals surface area contributed by atoms with Gasteiger partial charge in [0.15, 0.2) is 5.82 Å². The number of likely N-dealkylation sites (N-methyl/N-ethyl adjacent to an activating group) is 1. The van der Waals surface area contributed by atoms with Gasteiger partial charge in [0, 0.05) is 29.3 Å². The Balaban J connectivity index is 1.69. The predicted molar refractivity (Wildman–Crippen MR) is 99.7 cm³/mol. The number of aromatic amines is 2. The summed E-state index contributed by atoms with van der Waals surface area (Å²) in [6.45, 7) is 6.66. The highest BCUT2D eigenvalue weighted by Crippen LogP contribution is 2.43. The molecule has 0 atom stereocenters. The molecule has 128 valence electrons. The van der Waals surface area contributed by atoms with Gasteiger partial charge in [-0.15, -0.1) is 0 Å². The van der Waals surface area contributed by atoms with Crippen LogP contribution in [0.3, 0.4) is 0 Å². The molecule has 0 saturated carbocycles. The van der Waals surface area contributed by atoms with Crippen LogP contribution >= 0.6 is 11.8 Å². The van der Waals surface area contributed by atoms with Crippen molar-refractivity contribution in [2.45, 2.75) is 37.7 Å². The second kappa shape index (κ2) is 4.88. The van der Waals surface area contributed by atoms with Gasteiger partial charge >= 0.3 is 0 Å². The SMILES string of the molecule is CCN1C(=O)C(C)(C)c2cc3[nH]c(-c4n[nH]c5c4CSC5)nc3cc21. The number of hydrogen-bond acceptors (Lipinski definition) is 4. The summed E-state index contributed by atoms with van der Waals surface area (Å²) in [5.74, 6) is 2.91. The zero-order chi connectivity index (χ0) is 17.3. The Morgan fingerprint density at radius 1 is 1.32 bits per heavy atom. The lowest BCUT2D eigenvalue weighted by molar-refractivity contribution is -0.122. The number of imidazole rings is 1. The summed E-state index contributed by atoms with van der Waals surface area (Å²) in [6.07, 6.45) is 0. The number of thioether (sulfide) groups is 1. The summed E-state index contributed by atoms with van der Waals surface area (Å²) in [7, 11) is 0. The molecular weight excluding hydrogens is 334 g/mol. The first kappa shape index (κ1) is 15.0. The third-order valence-corrected chi connectivity index (χ3v) is 6.32. The molecule has 0 aliphatic carbocycles. The lowest BCUT2D eigenvalue weighted by Gasteiger charge is -2.18. The van der Waals surface area contributed by atoms with E-state index in [2.05, 4.69) is 21.2 Å². The smallest absolute Gasteiger partial charge is 0.237 e. The Bertz CT molecular complexity index is 1030. The van der Waals surface area contributed by atoms with E-state index in [0.717, 1.165) is 45.3 Å². The van der Waals surface area contributed by atoms with Gasteiger partial charge in [-0.05, 0) is 38.5 Å². The van der Waals surface area contributed by atoms with Gasteiger partial charge in [0.1, 0.15) is 5.69 Å². The minimum atomic E-state index is -0.505. The third kappa shape index (κ3) is 1.90. The standard InChI is InChI=1S/C18H19N5OS/c1-4-23-14-6-12-11(5-10(14)18(2,3)17(23)24)19-16(20-12)15-9-7-25-8-13(9)21-22-15/h5-6H,4,7-8H2,1-3H3,(H,19,20)(H,21,22). The van der Waals surface area contributed by atoms with Crippen LogP contribution in [0.25, 0.3) is 22.6 Å². The summed E-state index contributed by atoms with van der Waals surface area (Å²) in [5, 5.41) is 7.58. The summed E-state index contributed by atoms with van der Waals surface area (Å²) in [6, 6.07) is 4.11. The maximum absolute atomic E-state index is 12.7. The van der Waals surface area contributed by atoms with Crippen LogP contribution in [0.15, 0.2) is 12.1 Å². The summed E-state index contributed by atoms with van der Waals surface area (Å²) < 4.78 is 0. The molecule has 0 radical (unpaired) electrons. The molecule has 6 nitrogen and oxygen atoms in total. The number of nitrogens with one attached hydrogen (secondary N) is 2. The number of rotatable bonds is 2. The van der Waals surface area contributed by atoms with Crippen LogP contribution in [0.1, 0.15) is 37.6 Å². The Labute approximate surface area is 149 Å². The molecule has 25 heavy (non-hydrogen) atoms. The van der Waals surface area contributed by atoms with Crippen molar-refractivity contribution in [3.05, 3.63) is 29.0 Å². The van der Waals surface area contributed by atoms with Crippen molar-refractivity contribution < 1.29 is 4.79 Å². The molecule has 2 N–H and O–H groups in total. The Hall–Kier alpha value is -2.28. The molecule has 0 fully saturated rings. The minimum absolute atomic E-state index is 0.153. The molecule has 4 heterocycles. The van der Waals surface area contributed by atoms with Crippen LogP contribution in [0.2, 0.25) is 0 Å². The van der Waals surface area contributed by atoms with E-state index in [9.17, 15) is 4.79 Å². The predicted octanol–water partition coefficient (Wildman–Crippen LogP) is 3.34. The van der Waals surface area contributed by atoms with Crippen molar-refractivity contribution in [1.29, 1.82) is 0 Å². The number of aromatic nitrogens is 4. The van der Waals surface area contributed by atoms with Gasteiger partial charge in [0.2, 0.25) is 5.91 Å². The highest BCUT2D eigenvalue weighted by Gasteiger charge is 2.43. The number of benzene rings is 1. The zero-order valence-electron chi connectivity index (χ0n) is 14.4. The van der Waals surface area contributed by atoms with Crippen molar-refractivity contribution in [1.82, 2.24) is 20.2 Å². The first-order chi connectivity index (χ1) is 12.0. The van der Waals surface area contributed by atoms with E-state index in [1.165, 1.54) is 11.3 Å². The van der Waals surface area contributed by atoms with Gasteiger partial charge in [-0.3, -0.25) is 9.89 Å². The fourth-order valence-electron chi connectivity index (χ4n) is 3.88. The molecule has 1 aromatic carbocycles. The Morgan fingerprint density at radius 2 is 2.16 bits per heavy atom. The van der Waals surface area contributed by atoms with Gasteiger partial charge < -0.3 is 9.88 Å². The van der Waals surface area contributed by atoms with Gasteiger partial charge in [-0.25, -0.2) is 4.98 Å². The molecule has 0 unspecified atom stereocenters. The maximum atomic E-state index is 12.7. The van der Waals surface area contributed by atoms with Crippen LogP contribution in [-0.2, 0) is 21.7 Å². The molecule has 0 saturated heterocycles. The fourth-order valence-corrected chi connectivity index (χ4v) is 4.95. The number of hydrogen-bond donors (Lipinski definition) is 2. The molecule has 7 heteroatoms. The van der Waals surface area contributed by atoms with E-state index in [-0.39, 0.29) is 5.91 Å². The summed E-state index contributed by atoms with van der Waals surface area (Å²) in [5.41, 5.74) is 6.73. The average Bonchev–Trinajstić information content (AvgIpc) is 3.30. The minimum Gasteiger partial charge on any atom is -0.337 e. The van der Waals surface area contributed by atoms with E-state index in [0.29, 0.717) is 6.54 Å². The number of fused-ring (bicyclic) bond motifs is 3. The van der Waals surface area contributed by atoms with Gasteiger partial charge in [-0.2, -0.15) is 16.9 Å². The fraction of sp³-hybridized carbons (Fsp3) is 0.389. The Kier molecular flexibility index (Phi) is 2.93. The lowest BCUT2D eigenvalue weighted by atomic mass is 9.86. The monoisotopic (exact) mass is 353 g/mol. The molecule has 2 aromatic heterocycles. The van der Waals surface area contributed by atoms with Crippen LogP contribution in [0.4, 0.5) is 5.69 Å². The van der Waals surface area contributed by atoms with Crippen molar-refractivity contribution in [3.63, 3.8) is 0 Å². The molecule has 2 aliphatic rings. The maximum Gasteiger partial charge on any atom is 0.237 e.